The topological polar surface area (TPSA) is 40.6 Å². The lowest BCUT2D eigenvalue weighted by atomic mass is 9.93. The van der Waals surface area contributed by atoms with Crippen molar-refractivity contribution in [2.24, 2.45) is 0 Å². The molecule has 1 aromatic heterocycles. The van der Waals surface area contributed by atoms with Gasteiger partial charge in [-0.2, -0.15) is 0 Å². The predicted molar refractivity (Wildman–Crippen MR) is 98.8 cm³/mol. The number of fused-ring (bicyclic) bond motifs is 2. The zero-order valence-electron chi connectivity index (χ0n) is 14.1. The van der Waals surface area contributed by atoms with Crippen LogP contribution in [0.2, 0.25) is 0 Å². The summed E-state index contributed by atoms with van der Waals surface area (Å²) in [6.07, 6.45) is 4.99. The van der Waals surface area contributed by atoms with Crippen molar-refractivity contribution in [1.82, 2.24) is 9.80 Å². The predicted octanol–water partition coefficient (Wildman–Crippen LogP) is 3.60. The first-order valence-electron chi connectivity index (χ1n) is 8.52. The van der Waals surface area contributed by atoms with Gasteiger partial charge in [0, 0.05) is 31.1 Å². The minimum Gasteiger partial charge on any atom is -0.338 e. The number of hydrogen-bond donors (Lipinski definition) is 0. The van der Waals surface area contributed by atoms with Crippen LogP contribution in [0.25, 0.3) is 6.08 Å². The second kappa shape index (κ2) is 6.48. The van der Waals surface area contributed by atoms with Gasteiger partial charge >= 0.3 is 0 Å². The SMILES string of the molecule is CC(=O)N1C=Cc2ccccc2C1CC(=O)N1CCc2sccc2C1. The molecule has 128 valence electrons. The summed E-state index contributed by atoms with van der Waals surface area (Å²) in [5.41, 5.74) is 3.38. The maximum atomic E-state index is 12.9. The average Bonchev–Trinajstić information content (AvgIpc) is 3.09. The van der Waals surface area contributed by atoms with Crippen molar-refractivity contribution in [2.45, 2.75) is 32.4 Å². The molecule has 0 fully saturated rings. The Morgan fingerprint density at radius 2 is 2.08 bits per heavy atom. The van der Waals surface area contributed by atoms with E-state index in [2.05, 4.69) is 11.4 Å². The fraction of sp³-hybridized carbons (Fsp3) is 0.300. The monoisotopic (exact) mass is 352 g/mol. The first-order chi connectivity index (χ1) is 12.1. The van der Waals surface area contributed by atoms with E-state index in [4.69, 9.17) is 0 Å². The van der Waals surface area contributed by atoms with E-state index in [-0.39, 0.29) is 17.9 Å². The van der Waals surface area contributed by atoms with Crippen LogP contribution in [0.5, 0.6) is 0 Å². The molecule has 0 N–H and O–H groups in total. The van der Waals surface area contributed by atoms with Crippen molar-refractivity contribution >= 4 is 29.2 Å². The third kappa shape index (κ3) is 3.00. The number of rotatable bonds is 2. The highest BCUT2D eigenvalue weighted by molar-refractivity contribution is 7.10. The Labute approximate surface area is 151 Å². The lowest BCUT2D eigenvalue weighted by Gasteiger charge is -2.34. The van der Waals surface area contributed by atoms with E-state index in [0.717, 1.165) is 24.1 Å². The zero-order chi connectivity index (χ0) is 17.4. The third-order valence-electron chi connectivity index (χ3n) is 5.00. The van der Waals surface area contributed by atoms with Crippen LogP contribution in [0.4, 0.5) is 0 Å². The number of nitrogens with zero attached hydrogens (tertiary/aromatic N) is 2. The number of carbonyl (C=O) groups is 2. The Morgan fingerprint density at radius 1 is 1.24 bits per heavy atom. The first kappa shape index (κ1) is 16.1. The van der Waals surface area contributed by atoms with Gasteiger partial charge in [-0.15, -0.1) is 11.3 Å². The highest BCUT2D eigenvalue weighted by Crippen LogP contribution is 2.34. The molecule has 25 heavy (non-hydrogen) atoms. The normalized spacial score (nSPS) is 18.7. The zero-order valence-corrected chi connectivity index (χ0v) is 15.0. The Balaban J connectivity index is 1.56. The van der Waals surface area contributed by atoms with Crippen molar-refractivity contribution in [3.8, 4) is 0 Å². The van der Waals surface area contributed by atoms with Crippen molar-refractivity contribution < 1.29 is 9.59 Å². The molecule has 0 radical (unpaired) electrons. The molecule has 0 bridgehead atoms. The molecule has 0 saturated carbocycles. The molecule has 1 atom stereocenters. The number of thiophene rings is 1. The van der Waals surface area contributed by atoms with Gasteiger partial charge in [0.2, 0.25) is 11.8 Å². The highest BCUT2D eigenvalue weighted by atomic mass is 32.1. The lowest BCUT2D eigenvalue weighted by molar-refractivity contribution is -0.135. The van der Waals surface area contributed by atoms with Crippen LogP contribution in [-0.2, 0) is 22.6 Å². The van der Waals surface area contributed by atoms with Gasteiger partial charge in [-0.3, -0.25) is 9.59 Å². The summed E-state index contributed by atoms with van der Waals surface area (Å²) in [5.74, 6) is 0.0699. The summed E-state index contributed by atoms with van der Waals surface area (Å²) in [4.78, 5) is 30.0. The Kier molecular flexibility index (Phi) is 4.17. The van der Waals surface area contributed by atoms with E-state index in [0.29, 0.717) is 13.0 Å². The van der Waals surface area contributed by atoms with E-state index in [1.807, 2.05) is 35.2 Å². The van der Waals surface area contributed by atoms with Crippen LogP contribution in [0.1, 0.15) is 41.0 Å². The summed E-state index contributed by atoms with van der Waals surface area (Å²) >= 11 is 1.77. The molecule has 4 nitrogen and oxygen atoms in total. The van der Waals surface area contributed by atoms with Crippen molar-refractivity contribution in [2.75, 3.05) is 6.54 Å². The average molecular weight is 352 g/mol. The molecule has 2 aliphatic heterocycles. The summed E-state index contributed by atoms with van der Waals surface area (Å²) in [5, 5.41) is 2.10. The van der Waals surface area contributed by atoms with Crippen LogP contribution < -0.4 is 0 Å². The quantitative estimate of drug-likeness (QED) is 0.829. The van der Waals surface area contributed by atoms with Crippen LogP contribution in [0.3, 0.4) is 0 Å². The fourth-order valence-electron chi connectivity index (χ4n) is 3.67. The molecule has 2 amide bonds. The molecular weight excluding hydrogens is 332 g/mol. The number of carbonyl (C=O) groups excluding carboxylic acids is 2. The summed E-state index contributed by atoms with van der Waals surface area (Å²) in [6, 6.07) is 9.87. The molecule has 1 unspecified atom stereocenters. The fourth-order valence-corrected chi connectivity index (χ4v) is 4.56. The van der Waals surface area contributed by atoms with Gasteiger partial charge < -0.3 is 9.80 Å². The van der Waals surface area contributed by atoms with Gasteiger partial charge in [0.25, 0.3) is 0 Å². The molecule has 0 aliphatic carbocycles. The van der Waals surface area contributed by atoms with Crippen LogP contribution >= 0.6 is 11.3 Å². The third-order valence-corrected chi connectivity index (χ3v) is 6.02. The van der Waals surface area contributed by atoms with Gasteiger partial charge in [-0.1, -0.05) is 24.3 Å². The molecule has 0 spiro atoms. The van der Waals surface area contributed by atoms with Crippen LogP contribution in [0, 0.1) is 0 Å². The smallest absolute Gasteiger partial charge is 0.225 e. The van der Waals surface area contributed by atoms with E-state index in [1.54, 1.807) is 29.4 Å². The molecule has 2 aromatic rings. The maximum Gasteiger partial charge on any atom is 0.225 e. The number of benzene rings is 1. The minimum absolute atomic E-state index is 0.0395. The molecular formula is C20H20N2O2S. The molecule has 2 aliphatic rings. The van der Waals surface area contributed by atoms with Gasteiger partial charge in [-0.05, 0) is 40.6 Å². The Hall–Kier alpha value is -2.40. The second-order valence-corrected chi connectivity index (χ2v) is 7.53. The molecule has 1 aromatic carbocycles. The molecule has 3 heterocycles. The second-order valence-electron chi connectivity index (χ2n) is 6.53. The van der Waals surface area contributed by atoms with Gasteiger partial charge in [0.1, 0.15) is 0 Å². The number of amides is 2. The lowest BCUT2D eigenvalue weighted by Crippen LogP contribution is -2.39. The van der Waals surface area contributed by atoms with E-state index >= 15 is 0 Å². The first-order valence-corrected chi connectivity index (χ1v) is 9.40. The van der Waals surface area contributed by atoms with Crippen LogP contribution in [0.15, 0.2) is 41.9 Å². The van der Waals surface area contributed by atoms with Crippen molar-refractivity contribution in [3.63, 3.8) is 0 Å². The van der Waals surface area contributed by atoms with Gasteiger partial charge in [-0.25, -0.2) is 0 Å². The van der Waals surface area contributed by atoms with Gasteiger partial charge in [0.05, 0.1) is 12.5 Å². The molecule has 0 saturated heterocycles. The largest absolute Gasteiger partial charge is 0.338 e. The minimum atomic E-state index is -0.227. The Bertz CT molecular complexity index is 855. The Morgan fingerprint density at radius 3 is 2.92 bits per heavy atom. The maximum absolute atomic E-state index is 12.9. The summed E-state index contributed by atoms with van der Waals surface area (Å²) in [7, 11) is 0. The van der Waals surface area contributed by atoms with E-state index in [1.165, 1.54) is 10.4 Å². The number of hydrogen-bond acceptors (Lipinski definition) is 3. The van der Waals surface area contributed by atoms with Crippen LogP contribution in [-0.4, -0.2) is 28.2 Å². The molecule has 4 rings (SSSR count). The van der Waals surface area contributed by atoms with E-state index < -0.39 is 0 Å². The highest BCUT2D eigenvalue weighted by Gasteiger charge is 2.31. The van der Waals surface area contributed by atoms with Crippen molar-refractivity contribution in [1.29, 1.82) is 0 Å². The van der Waals surface area contributed by atoms with Crippen molar-refractivity contribution in [3.05, 3.63) is 63.5 Å². The summed E-state index contributed by atoms with van der Waals surface area (Å²) < 4.78 is 0. The summed E-state index contributed by atoms with van der Waals surface area (Å²) in [6.45, 7) is 2.99. The molecule has 5 heteroatoms. The van der Waals surface area contributed by atoms with E-state index in [9.17, 15) is 9.59 Å². The van der Waals surface area contributed by atoms with Gasteiger partial charge in [0.15, 0.2) is 0 Å². The standard InChI is InChI=1S/C20H20N2O2S/c1-14(23)22-10-6-15-4-2-3-5-17(15)18(22)12-20(24)21-9-7-19-16(13-21)8-11-25-19/h2-6,8,10-11,18H,7,9,12-13H2,1H3.